The largest absolute Gasteiger partial charge is 0.480 e. The van der Waals surface area contributed by atoms with E-state index in [1.807, 2.05) is 44.3 Å². The van der Waals surface area contributed by atoms with Crippen molar-refractivity contribution in [1.29, 1.82) is 0 Å². The molecule has 0 unspecified atom stereocenters. The Morgan fingerprint density at radius 3 is 2.50 bits per heavy atom. The molecule has 0 aliphatic carbocycles. The number of H-pyrrole nitrogens is 1. The molecule has 1 aliphatic rings. The number of halogens is 1. The normalized spacial score (nSPS) is 16.4. The number of rotatable bonds is 8. The number of nitrogens with two attached hydrogens (primary N) is 1. The first-order chi connectivity index (χ1) is 14.8. The lowest BCUT2D eigenvalue weighted by Gasteiger charge is -2.33. The first-order valence-electron chi connectivity index (χ1n) is 10.9. The van der Waals surface area contributed by atoms with Crippen molar-refractivity contribution in [1.82, 2.24) is 15.2 Å². The molecule has 8 nitrogen and oxygen atoms in total. The van der Waals surface area contributed by atoms with Crippen LogP contribution in [0.2, 0.25) is 0 Å². The Hall–Kier alpha value is -2.58. The molecule has 1 aromatic carbocycles. The lowest BCUT2D eigenvalue weighted by molar-refractivity contribution is -0.143. The predicted molar refractivity (Wildman–Crippen MR) is 126 cm³/mol. The molecule has 1 fully saturated rings. The fraction of sp³-hybridized carbons (Fsp3) is 0.522. The third-order valence-corrected chi connectivity index (χ3v) is 5.93. The van der Waals surface area contributed by atoms with E-state index in [9.17, 15) is 19.5 Å². The van der Waals surface area contributed by atoms with Gasteiger partial charge in [-0.25, -0.2) is 4.79 Å². The smallest absolute Gasteiger partial charge is 0.326 e. The van der Waals surface area contributed by atoms with Crippen LogP contribution in [0.4, 0.5) is 0 Å². The Kier molecular flexibility index (Phi) is 9.09. The van der Waals surface area contributed by atoms with Crippen LogP contribution in [0, 0.1) is 11.8 Å². The molecule has 0 saturated carbocycles. The minimum atomic E-state index is -1.02. The van der Waals surface area contributed by atoms with Crippen molar-refractivity contribution in [2.75, 3.05) is 13.1 Å². The number of nitrogens with zero attached hydrogens (tertiary/aromatic N) is 1. The first kappa shape index (κ1) is 25.7. The Morgan fingerprint density at radius 1 is 1.22 bits per heavy atom. The van der Waals surface area contributed by atoms with Crippen LogP contribution in [0.25, 0.3) is 10.9 Å². The molecule has 1 aromatic heterocycles. The van der Waals surface area contributed by atoms with Crippen LogP contribution in [-0.2, 0) is 20.8 Å². The van der Waals surface area contributed by atoms with E-state index in [1.165, 1.54) is 0 Å². The standard InChI is InChI=1S/C23H32N4O4.ClH/c1-14(2)11-20(23(30)31)26-21(28)15-7-9-27(10-8-15)22(29)18(24)12-16-13-25-19-6-4-3-5-17(16)19;/h3-6,13-15,18,20,25H,7-12,24H2,1-2H3,(H,26,28)(H,30,31);1H/t18-,20-;/m0./s1. The van der Waals surface area contributed by atoms with Gasteiger partial charge in [0.15, 0.2) is 0 Å². The predicted octanol–water partition coefficient (Wildman–Crippen LogP) is 2.31. The Labute approximate surface area is 194 Å². The summed E-state index contributed by atoms with van der Waals surface area (Å²) < 4.78 is 0. The number of nitrogens with one attached hydrogen (secondary N) is 2. The average Bonchev–Trinajstić information content (AvgIpc) is 3.15. The lowest BCUT2D eigenvalue weighted by Crippen LogP contribution is -2.51. The number of aromatic amines is 1. The highest BCUT2D eigenvalue weighted by atomic mass is 35.5. The van der Waals surface area contributed by atoms with Gasteiger partial charge in [-0.15, -0.1) is 12.4 Å². The molecular formula is C23H33ClN4O4. The van der Waals surface area contributed by atoms with E-state index in [0.717, 1.165) is 16.5 Å². The molecule has 2 aromatic rings. The summed E-state index contributed by atoms with van der Waals surface area (Å²) in [5.41, 5.74) is 8.25. The van der Waals surface area contributed by atoms with Gasteiger partial charge in [-0.1, -0.05) is 32.0 Å². The maximum atomic E-state index is 12.8. The van der Waals surface area contributed by atoms with E-state index in [2.05, 4.69) is 10.3 Å². The number of fused-ring (bicyclic) bond motifs is 1. The average molecular weight is 465 g/mol. The number of aromatic nitrogens is 1. The quantitative estimate of drug-likeness (QED) is 0.476. The zero-order valence-corrected chi connectivity index (χ0v) is 19.4. The van der Waals surface area contributed by atoms with Gasteiger partial charge >= 0.3 is 5.97 Å². The summed E-state index contributed by atoms with van der Waals surface area (Å²) in [4.78, 5) is 41.7. The monoisotopic (exact) mass is 464 g/mol. The molecule has 0 radical (unpaired) electrons. The van der Waals surface area contributed by atoms with Gasteiger partial charge in [0, 0.05) is 36.1 Å². The van der Waals surface area contributed by atoms with Crippen molar-refractivity contribution in [3.8, 4) is 0 Å². The van der Waals surface area contributed by atoms with E-state index in [-0.39, 0.29) is 36.1 Å². The van der Waals surface area contributed by atoms with Crippen LogP contribution in [0.3, 0.4) is 0 Å². The molecule has 0 spiro atoms. The Morgan fingerprint density at radius 2 is 1.88 bits per heavy atom. The highest BCUT2D eigenvalue weighted by molar-refractivity contribution is 5.87. The summed E-state index contributed by atoms with van der Waals surface area (Å²) in [7, 11) is 0. The highest BCUT2D eigenvalue weighted by Gasteiger charge is 2.31. The van der Waals surface area contributed by atoms with Crippen molar-refractivity contribution in [3.05, 3.63) is 36.0 Å². The molecule has 5 N–H and O–H groups in total. The Bertz CT molecular complexity index is 937. The van der Waals surface area contributed by atoms with E-state index < -0.39 is 18.1 Å². The van der Waals surface area contributed by atoms with Crippen LogP contribution in [0.5, 0.6) is 0 Å². The molecule has 1 saturated heterocycles. The number of hydrogen-bond acceptors (Lipinski definition) is 4. The number of para-hydroxylation sites is 1. The molecule has 32 heavy (non-hydrogen) atoms. The van der Waals surface area contributed by atoms with Gasteiger partial charge in [0.05, 0.1) is 6.04 Å². The number of benzene rings is 1. The number of carboxylic acids is 1. The first-order valence-corrected chi connectivity index (χ1v) is 10.9. The molecule has 3 rings (SSSR count). The summed E-state index contributed by atoms with van der Waals surface area (Å²) in [5.74, 6) is -1.50. The van der Waals surface area contributed by atoms with Gasteiger partial charge in [0.25, 0.3) is 0 Å². The maximum absolute atomic E-state index is 12.8. The number of carboxylic acid groups (broad SMARTS) is 1. The third-order valence-electron chi connectivity index (χ3n) is 5.93. The third kappa shape index (κ3) is 6.23. The van der Waals surface area contributed by atoms with Gasteiger partial charge < -0.3 is 26.0 Å². The van der Waals surface area contributed by atoms with Gasteiger partial charge in [0.1, 0.15) is 6.04 Å². The summed E-state index contributed by atoms with van der Waals surface area (Å²) in [6.45, 7) is 4.73. The minimum absolute atomic E-state index is 0. The highest BCUT2D eigenvalue weighted by Crippen LogP contribution is 2.21. The SMILES string of the molecule is CC(C)C[C@H](NC(=O)C1CCN(C(=O)[C@@H](N)Cc2c[nH]c3ccccc23)CC1)C(=O)O.Cl. The lowest BCUT2D eigenvalue weighted by atomic mass is 9.94. The van der Waals surface area contributed by atoms with E-state index >= 15 is 0 Å². The number of aliphatic carboxylic acids is 1. The second-order valence-corrected chi connectivity index (χ2v) is 8.80. The van der Waals surface area contributed by atoms with E-state index in [4.69, 9.17) is 5.73 Å². The summed E-state index contributed by atoms with van der Waals surface area (Å²) in [5, 5.41) is 13.1. The van der Waals surface area contributed by atoms with Gasteiger partial charge in [-0.2, -0.15) is 0 Å². The minimum Gasteiger partial charge on any atom is -0.480 e. The van der Waals surface area contributed by atoms with Crippen LogP contribution >= 0.6 is 12.4 Å². The van der Waals surface area contributed by atoms with Crippen molar-refractivity contribution in [2.45, 2.75) is 51.6 Å². The van der Waals surface area contributed by atoms with Crippen molar-refractivity contribution in [3.63, 3.8) is 0 Å². The summed E-state index contributed by atoms with van der Waals surface area (Å²) in [6.07, 6.45) is 3.74. The van der Waals surface area contributed by atoms with E-state index in [0.29, 0.717) is 38.8 Å². The number of hydrogen-bond donors (Lipinski definition) is 4. The molecule has 9 heteroatoms. The fourth-order valence-corrected chi connectivity index (χ4v) is 4.20. The number of piperidine rings is 1. The summed E-state index contributed by atoms with van der Waals surface area (Å²) in [6, 6.07) is 6.38. The number of likely N-dealkylation sites (tertiary alicyclic amines) is 1. The number of amides is 2. The van der Waals surface area contributed by atoms with Crippen LogP contribution in [-0.4, -0.2) is 57.9 Å². The van der Waals surface area contributed by atoms with Gasteiger partial charge in [-0.3, -0.25) is 9.59 Å². The van der Waals surface area contributed by atoms with Crippen molar-refractivity contribution < 1.29 is 19.5 Å². The molecular weight excluding hydrogens is 432 g/mol. The fourth-order valence-electron chi connectivity index (χ4n) is 4.20. The number of carbonyl (C=O) groups excluding carboxylic acids is 2. The topological polar surface area (TPSA) is 129 Å². The maximum Gasteiger partial charge on any atom is 0.326 e. The zero-order chi connectivity index (χ0) is 22.5. The molecule has 2 amide bonds. The zero-order valence-electron chi connectivity index (χ0n) is 18.5. The van der Waals surface area contributed by atoms with Crippen LogP contribution in [0.15, 0.2) is 30.5 Å². The van der Waals surface area contributed by atoms with Crippen molar-refractivity contribution >= 4 is 41.1 Å². The molecule has 1 aliphatic heterocycles. The van der Waals surface area contributed by atoms with Crippen LogP contribution in [0.1, 0.15) is 38.7 Å². The second kappa shape index (κ2) is 11.3. The number of carbonyl (C=O) groups is 3. The molecule has 0 bridgehead atoms. The molecule has 2 atom stereocenters. The van der Waals surface area contributed by atoms with Crippen molar-refractivity contribution in [2.24, 2.45) is 17.6 Å². The molecule has 2 heterocycles. The van der Waals surface area contributed by atoms with Crippen LogP contribution < -0.4 is 11.1 Å². The second-order valence-electron chi connectivity index (χ2n) is 8.80. The van der Waals surface area contributed by atoms with Gasteiger partial charge in [0.2, 0.25) is 11.8 Å². The Balaban J connectivity index is 0.00000363. The van der Waals surface area contributed by atoms with Gasteiger partial charge in [-0.05, 0) is 43.2 Å². The summed E-state index contributed by atoms with van der Waals surface area (Å²) >= 11 is 0. The van der Waals surface area contributed by atoms with E-state index in [1.54, 1.807) is 4.90 Å². The molecule has 176 valence electrons.